The molecule has 4 nitrogen and oxygen atoms in total. The van der Waals surface area contributed by atoms with E-state index in [0.29, 0.717) is 11.4 Å². The number of benzene rings is 2. The molecule has 134 valence electrons. The van der Waals surface area contributed by atoms with Crippen LogP contribution >= 0.6 is 11.6 Å². The molecule has 1 heterocycles. The minimum absolute atomic E-state index is 0.340. The van der Waals surface area contributed by atoms with Crippen LogP contribution < -0.4 is 4.72 Å². The molecule has 0 amide bonds. The number of halogens is 1. The summed E-state index contributed by atoms with van der Waals surface area (Å²) in [5.41, 5.74) is 2.36. The second-order valence-electron chi connectivity index (χ2n) is 6.21. The average Bonchev–Trinajstić information content (AvgIpc) is 3.06. The molecule has 0 saturated carbocycles. The second-order valence-corrected chi connectivity index (χ2v) is 7.76. The lowest BCUT2D eigenvalue weighted by Crippen LogP contribution is -2.33. The monoisotopic (exact) mass is 385 g/mol. The van der Waals surface area contributed by atoms with Gasteiger partial charge in [-0.3, -0.25) is 0 Å². The number of aromatic nitrogens is 1. The standard InChI is InChI=1S/C20H20ClN3OS/c1-3-20(12-13-22,15-7-9-16(21)10-8-15)24-14-11-17-18(23-26(2)25)5-4-6-19(17)24/h4-11,14,23H,3,12H2,1-2H3. The molecule has 0 aliphatic heterocycles. The van der Waals surface area contributed by atoms with Gasteiger partial charge < -0.3 is 9.29 Å². The highest BCUT2D eigenvalue weighted by atomic mass is 35.5. The largest absolute Gasteiger partial charge is 0.336 e. The number of fused-ring (bicyclic) bond motifs is 1. The van der Waals surface area contributed by atoms with Gasteiger partial charge in [-0.2, -0.15) is 5.26 Å². The molecule has 26 heavy (non-hydrogen) atoms. The number of nitrogens with zero attached hydrogens (tertiary/aromatic N) is 2. The van der Waals surface area contributed by atoms with Crippen molar-refractivity contribution in [3.8, 4) is 6.07 Å². The van der Waals surface area contributed by atoms with Crippen molar-refractivity contribution in [2.75, 3.05) is 11.0 Å². The van der Waals surface area contributed by atoms with Gasteiger partial charge in [-0.15, -0.1) is 0 Å². The van der Waals surface area contributed by atoms with Gasteiger partial charge in [0.1, 0.15) is 11.0 Å². The van der Waals surface area contributed by atoms with Crippen molar-refractivity contribution in [3.05, 3.63) is 65.3 Å². The summed E-state index contributed by atoms with van der Waals surface area (Å²) in [6.45, 7) is 2.08. The van der Waals surface area contributed by atoms with Crippen LogP contribution in [0, 0.1) is 11.3 Å². The summed E-state index contributed by atoms with van der Waals surface area (Å²) < 4.78 is 16.7. The van der Waals surface area contributed by atoms with Gasteiger partial charge in [-0.05, 0) is 42.3 Å². The first-order valence-electron chi connectivity index (χ1n) is 8.35. The molecule has 3 rings (SSSR count). The number of hydrogen-bond acceptors (Lipinski definition) is 2. The molecule has 3 aromatic rings. The Morgan fingerprint density at radius 2 is 1.96 bits per heavy atom. The highest BCUT2D eigenvalue weighted by Gasteiger charge is 2.33. The highest BCUT2D eigenvalue weighted by Crippen LogP contribution is 2.38. The predicted molar refractivity (Wildman–Crippen MR) is 109 cm³/mol. The first-order chi connectivity index (χ1) is 12.5. The van der Waals surface area contributed by atoms with Crippen molar-refractivity contribution in [3.63, 3.8) is 0 Å². The van der Waals surface area contributed by atoms with E-state index in [1.54, 1.807) is 6.26 Å². The molecule has 0 aliphatic rings. The molecule has 0 spiro atoms. The zero-order chi connectivity index (χ0) is 18.7. The van der Waals surface area contributed by atoms with Gasteiger partial charge in [-0.1, -0.05) is 36.7 Å². The third-order valence-corrected chi connectivity index (χ3v) is 5.55. The van der Waals surface area contributed by atoms with Crippen molar-refractivity contribution in [2.24, 2.45) is 0 Å². The fourth-order valence-electron chi connectivity index (χ4n) is 3.50. The van der Waals surface area contributed by atoms with E-state index in [-0.39, 0.29) is 0 Å². The molecule has 0 saturated heterocycles. The molecular weight excluding hydrogens is 366 g/mol. The van der Waals surface area contributed by atoms with E-state index in [2.05, 4.69) is 22.3 Å². The third kappa shape index (κ3) is 3.23. The fraction of sp³-hybridized carbons (Fsp3) is 0.250. The van der Waals surface area contributed by atoms with Crippen LogP contribution in [0.25, 0.3) is 10.9 Å². The van der Waals surface area contributed by atoms with E-state index in [0.717, 1.165) is 28.6 Å². The Labute approximate surface area is 161 Å². The summed E-state index contributed by atoms with van der Waals surface area (Å²) >= 11 is 6.06. The van der Waals surface area contributed by atoms with Gasteiger partial charge in [0.05, 0.1) is 29.2 Å². The van der Waals surface area contributed by atoms with Crippen LogP contribution in [0.5, 0.6) is 0 Å². The fourth-order valence-corrected chi connectivity index (χ4v) is 4.12. The maximum atomic E-state index is 11.6. The summed E-state index contributed by atoms with van der Waals surface area (Å²) in [6.07, 6.45) is 4.70. The number of rotatable bonds is 6. The molecule has 0 fully saturated rings. The molecule has 6 heteroatoms. The first kappa shape index (κ1) is 18.5. The van der Waals surface area contributed by atoms with Crippen LogP contribution in [0.2, 0.25) is 5.02 Å². The van der Waals surface area contributed by atoms with Gasteiger partial charge in [-0.25, -0.2) is 4.21 Å². The molecule has 1 N–H and O–H groups in total. The van der Waals surface area contributed by atoms with E-state index in [1.807, 2.05) is 54.7 Å². The Bertz CT molecular complexity index is 990. The average molecular weight is 386 g/mol. The zero-order valence-corrected chi connectivity index (χ0v) is 16.3. The van der Waals surface area contributed by atoms with E-state index in [4.69, 9.17) is 11.6 Å². The van der Waals surface area contributed by atoms with Crippen molar-refractivity contribution in [1.82, 2.24) is 4.57 Å². The lowest BCUT2D eigenvalue weighted by atomic mass is 9.84. The Morgan fingerprint density at radius 3 is 2.58 bits per heavy atom. The Hall–Kier alpha value is -2.29. The van der Waals surface area contributed by atoms with Gasteiger partial charge in [0.2, 0.25) is 0 Å². The lowest BCUT2D eigenvalue weighted by molar-refractivity contribution is 0.359. The van der Waals surface area contributed by atoms with E-state index < -0.39 is 16.5 Å². The minimum atomic E-state index is -1.15. The highest BCUT2D eigenvalue weighted by molar-refractivity contribution is 7.85. The van der Waals surface area contributed by atoms with E-state index in [1.165, 1.54) is 0 Å². The molecule has 2 aromatic carbocycles. The predicted octanol–water partition coefficient (Wildman–Crippen LogP) is 5.07. The van der Waals surface area contributed by atoms with E-state index >= 15 is 0 Å². The van der Waals surface area contributed by atoms with Crippen molar-refractivity contribution in [2.45, 2.75) is 25.3 Å². The van der Waals surface area contributed by atoms with Crippen LogP contribution in [0.4, 0.5) is 5.69 Å². The van der Waals surface area contributed by atoms with Crippen LogP contribution in [-0.2, 0) is 16.5 Å². The van der Waals surface area contributed by atoms with Crippen LogP contribution in [0.15, 0.2) is 54.7 Å². The van der Waals surface area contributed by atoms with Crippen LogP contribution in [-0.4, -0.2) is 15.0 Å². The smallest absolute Gasteiger partial charge is 0.113 e. The number of anilines is 1. The molecule has 0 radical (unpaired) electrons. The normalized spacial score (nSPS) is 14.5. The minimum Gasteiger partial charge on any atom is -0.336 e. The molecule has 0 aliphatic carbocycles. The summed E-state index contributed by atoms with van der Waals surface area (Å²) in [4.78, 5) is 0. The van der Waals surface area contributed by atoms with Crippen LogP contribution in [0.3, 0.4) is 0 Å². The number of hydrogen-bond donors (Lipinski definition) is 1. The molecular formula is C20H20ClN3OS. The van der Waals surface area contributed by atoms with E-state index in [9.17, 15) is 9.47 Å². The van der Waals surface area contributed by atoms with Crippen molar-refractivity contribution in [1.29, 1.82) is 5.26 Å². The molecule has 0 bridgehead atoms. The summed E-state index contributed by atoms with van der Waals surface area (Å²) in [5, 5.41) is 11.2. The SMILES string of the molecule is CCC(CC#N)(c1ccc(Cl)cc1)n1ccc2c(NS(C)=O)cccc21. The quantitative estimate of drug-likeness (QED) is 0.644. The lowest BCUT2D eigenvalue weighted by Gasteiger charge is -2.34. The maximum absolute atomic E-state index is 11.6. The van der Waals surface area contributed by atoms with Gasteiger partial charge in [0, 0.05) is 22.9 Å². The first-order valence-corrected chi connectivity index (χ1v) is 10.3. The molecule has 1 aromatic heterocycles. The topological polar surface area (TPSA) is 57.8 Å². The molecule has 2 atom stereocenters. The Balaban J connectivity index is 2.24. The molecule has 2 unspecified atom stereocenters. The summed E-state index contributed by atoms with van der Waals surface area (Å²) in [5.74, 6) is 0. The number of nitrogens with one attached hydrogen (secondary N) is 1. The zero-order valence-electron chi connectivity index (χ0n) is 14.7. The summed E-state index contributed by atoms with van der Waals surface area (Å²) in [7, 11) is -1.15. The Morgan fingerprint density at radius 1 is 1.23 bits per heavy atom. The summed E-state index contributed by atoms with van der Waals surface area (Å²) in [6, 6.07) is 17.9. The second kappa shape index (κ2) is 7.53. The maximum Gasteiger partial charge on any atom is 0.113 e. The van der Waals surface area contributed by atoms with Crippen LogP contribution in [0.1, 0.15) is 25.3 Å². The van der Waals surface area contributed by atoms with Gasteiger partial charge in [0.15, 0.2) is 0 Å². The Kier molecular flexibility index (Phi) is 5.36. The van der Waals surface area contributed by atoms with Crippen molar-refractivity contribution < 1.29 is 4.21 Å². The van der Waals surface area contributed by atoms with Gasteiger partial charge in [0.25, 0.3) is 0 Å². The van der Waals surface area contributed by atoms with Crippen molar-refractivity contribution >= 4 is 39.2 Å². The van der Waals surface area contributed by atoms with Gasteiger partial charge >= 0.3 is 0 Å². The third-order valence-electron chi connectivity index (χ3n) is 4.79. The number of nitriles is 1.